The highest BCUT2D eigenvalue weighted by molar-refractivity contribution is 6.61. The van der Waals surface area contributed by atoms with Crippen molar-refractivity contribution in [3.05, 3.63) is 94.5 Å². The minimum atomic E-state index is -1.41. The zero-order valence-electron chi connectivity index (χ0n) is 19.9. The normalized spacial score (nSPS) is 20.1. The molecule has 1 amide bonds. The van der Waals surface area contributed by atoms with Crippen LogP contribution in [0.2, 0.25) is 0 Å². The largest absolute Gasteiger partial charge is 0.449 e. The Balaban J connectivity index is 0.000000304. The van der Waals surface area contributed by atoms with Crippen LogP contribution >= 0.6 is 11.6 Å². The third-order valence-corrected chi connectivity index (χ3v) is 5.37. The molecule has 3 aromatic rings. The summed E-state index contributed by atoms with van der Waals surface area (Å²) in [4.78, 5) is 37.8. The highest BCUT2D eigenvalue weighted by Crippen LogP contribution is 2.28. The first-order chi connectivity index (χ1) is 18.3. The molecule has 1 aliphatic heterocycles. The minimum absolute atomic E-state index is 0.0407. The minimum Gasteiger partial charge on any atom is -0.449 e. The van der Waals surface area contributed by atoms with Crippen LogP contribution in [0.25, 0.3) is 0 Å². The van der Waals surface area contributed by atoms with Crippen molar-refractivity contribution in [3.63, 3.8) is 0 Å². The molecule has 1 saturated heterocycles. The van der Waals surface area contributed by atoms with Crippen LogP contribution in [0.5, 0.6) is 0 Å². The smallest absolute Gasteiger partial charge is 0.413 e. The fourth-order valence-corrected chi connectivity index (χ4v) is 3.42. The van der Waals surface area contributed by atoms with Crippen LogP contribution in [-0.2, 0) is 27.4 Å². The van der Waals surface area contributed by atoms with E-state index >= 15 is 0 Å². The van der Waals surface area contributed by atoms with Crippen LogP contribution in [0.15, 0.2) is 77.7 Å². The predicted molar refractivity (Wildman–Crippen MR) is 134 cm³/mol. The molecule has 13 heteroatoms. The van der Waals surface area contributed by atoms with Crippen LogP contribution in [0.4, 0.5) is 15.4 Å². The van der Waals surface area contributed by atoms with E-state index in [1.165, 1.54) is 12.3 Å². The average molecular weight is 548 g/mol. The Bertz CT molecular complexity index is 1240. The summed E-state index contributed by atoms with van der Waals surface area (Å²) < 4.78 is 15.8. The van der Waals surface area contributed by atoms with Crippen molar-refractivity contribution in [2.24, 2.45) is 0 Å². The lowest BCUT2D eigenvalue weighted by atomic mass is 10.1. The number of nitrogens with one attached hydrogen (secondary N) is 1. The zero-order valence-corrected chi connectivity index (χ0v) is 20.7. The number of aliphatic hydroxyl groups excluding tert-OH is 3. The molecule has 4 rings (SSSR count). The van der Waals surface area contributed by atoms with Gasteiger partial charge in [-0.05, 0) is 17.2 Å². The molecule has 202 valence electrons. The molecule has 4 atom stereocenters. The molecular weight excluding hydrogens is 522 g/mol. The van der Waals surface area contributed by atoms with Gasteiger partial charge in [-0.15, -0.1) is 0 Å². The van der Waals surface area contributed by atoms with Gasteiger partial charge in [0.1, 0.15) is 37.3 Å². The summed E-state index contributed by atoms with van der Waals surface area (Å²) in [5.74, 6) is -0.0407. The van der Waals surface area contributed by atoms with Gasteiger partial charge < -0.3 is 29.5 Å². The lowest BCUT2D eigenvalue weighted by Gasteiger charge is -2.17. The molecule has 0 saturated carbocycles. The van der Waals surface area contributed by atoms with Crippen molar-refractivity contribution >= 4 is 28.9 Å². The molecule has 2 aromatic carbocycles. The van der Waals surface area contributed by atoms with E-state index in [0.29, 0.717) is 0 Å². The van der Waals surface area contributed by atoms with Gasteiger partial charge in [0.2, 0.25) is 0 Å². The highest BCUT2D eigenvalue weighted by Gasteiger charge is 2.43. The molecule has 1 aromatic heterocycles. The maximum Gasteiger partial charge on any atom is 0.413 e. The van der Waals surface area contributed by atoms with Crippen LogP contribution in [0.1, 0.15) is 17.4 Å². The number of carbonyl (C=O) groups is 2. The number of rotatable bonds is 7. The van der Waals surface area contributed by atoms with Gasteiger partial charge in [-0.1, -0.05) is 60.7 Å². The summed E-state index contributed by atoms with van der Waals surface area (Å²) in [5, 5.41) is 31.2. The monoisotopic (exact) mass is 547 g/mol. The molecule has 2 heterocycles. The molecular formula is C25H26ClN3O9. The number of aliphatic hydroxyl groups is 3. The number of aromatic nitrogens is 2. The molecule has 4 unspecified atom stereocenters. The zero-order chi connectivity index (χ0) is 27.5. The summed E-state index contributed by atoms with van der Waals surface area (Å²) >= 11 is 4.97. The van der Waals surface area contributed by atoms with E-state index in [4.69, 9.17) is 26.2 Å². The number of halogens is 1. The summed E-state index contributed by atoms with van der Waals surface area (Å²) in [6, 6.07) is 19.8. The number of hydrogen-bond donors (Lipinski definition) is 4. The topological polar surface area (TPSA) is 169 Å². The Morgan fingerprint density at radius 3 is 2.03 bits per heavy atom. The summed E-state index contributed by atoms with van der Waals surface area (Å²) in [5.41, 5.74) is 0.154. The van der Waals surface area contributed by atoms with E-state index in [1.54, 1.807) is 12.1 Å². The summed E-state index contributed by atoms with van der Waals surface area (Å²) in [7, 11) is 0. The highest BCUT2D eigenvalue weighted by atomic mass is 35.5. The number of ether oxygens (including phenoxy) is 3. The van der Waals surface area contributed by atoms with Crippen molar-refractivity contribution in [2.75, 3.05) is 11.9 Å². The van der Waals surface area contributed by atoms with Gasteiger partial charge in [0.05, 0.1) is 6.61 Å². The Hall–Kier alpha value is -3.81. The predicted octanol–water partition coefficient (Wildman–Crippen LogP) is 2.17. The Morgan fingerprint density at radius 1 is 0.947 bits per heavy atom. The molecule has 0 bridgehead atoms. The first kappa shape index (κ1) is 28.8. The van der Waals surface area contributed by atoms with E-state index in [-0.39, 0.29) is 19.0 Å². The van der Waals surface area contributed by atoms with E-state index in [0.717, 1.165) is 15.7 Å². The molecule has 1 fully saturated rings. The number of hydrogen-bond acceptors (Lipinski definition) is 10. The van der Waals surface area contributed by atoms with E-state index in [1.807, 2.05) is 48.5 Å². The molecule has 0 aliphatic carbocycles. The van der Waals surface area contributed by atoms with Gasteiger partial charge in [0.25, 0.3) is 0 Å². The Kier molecular flexibility index (Phi) is 10.8. The fourth-order valence-electron chi connectivity index (χ4n) is 3.36. The van der Waals surface area contributed by atoms with Crippen LogP contribution in [0, 0.1) is 0 Å². The average Bonchev–Trinajstić information content (AvgIpc) is 3.21. The first-order valence-electron chi connectivity index (χ1n) is 11.3. The maximum atomic E-state index is 12.2. The van der Waals surface area contributed by atoms with Crippen molar-refractivity contribution in [1.29, 1.82) is 0 Å². The second kappa shape index (κ2) is 14.2. The number of carbonyl (C=O) groups excluding carboxylic acids is 2. The molecule has 0 radical (unpaired) electrons. The van der Waals surface area contributed by atoms with Gasteiger partial charge in [0.15, 0.2) is 6.23 Å². The molecule has 0 spiro atoms. The molecule has 12 nitrogen and oxygen atoms in total. The van der Waals surface area contributed by atoms with Gasteiger partial charge in [0, 0.05) is 17.8 Å². The van der Waals surface area contributed by atoms with Gasteiger partial charge in [-0.25, -0.2) is 14.4 Å². The lowest BCUT2D eigenvalue weighted by molar-refractivity contribution is -0.0549. The molecule has 4 N–H and O–H groups in total. The van der Waals surface area contributed by atoms with E-state index in [9.17, 15) is 24.6 Å². The van der Waals surface area contributed by atoms with E-state index in [2.05, 4.69) is 15.0 Å². The first-order valence-corrected chi connectivity index (χ1v) is 11.7. The second-order valence-electron chi connectivity index (χ2n) is 7.93. The lowest BCUT2D eigenvalue weighted by Crippen LogP contribution is -2.36. The van der Waals surface area contributed by atoms with E-state index < -0.39 is 48.4 Å². The molecule has 38 heavy (non-hydrogen) atoms. The van der Waals surface area contributed by atoms with Gasteiger partial charge in [-0.3, -0.25) is 9.88 Å². The van der Waals surface area contributed by atoms with Crippen LogP contribution < -0.4 is 11.0 Å². The summed E-state index contributed by atoms with van der Waals surface area (Å²) in [6.07, 6.45) is -4.48. The second-order valence-corrected chi connectivity index (χ2v) is 8.24. The fraction of sp³-hybridized carbons (Fsp3) is 0.280. The van der Waals surface area contributed by atoms with Crippen molar-refractivity contribution in [3.8, 4) is 0 Å². The number of anilines is 1. The molecule has 1 aliphatic rings. The number of nitrogens with zero attached hydrogens (tertiary/aromatic N) is 2. The third kappa shape index (κ3) is 8.36. The standard InChI is InChI=1S/C17H19N3O7.C8H7ClO2/c21-8-11-13(22)14(23)15(27-11)20-7-6-12(18-16(20)24)19-17(25)26-9-10-4-2-1-3-5-10;9-8(10)11-6-7-4-2-1-3-5-7/h1-7,11,13-15,21-23H,8-9H2,(H,18,19,24,25);1-5H,6H2. The number of amides is 1. The van der Waals surface area contributed by atoms with Crippen molar-refractivity contribution in [1.82, 2.24) is 9.55 Å². The SMILES string of the molecule is O=C(Cl)OCc1ccccc1.O=C(Nc1ccn(C2OC(CO)C(O)C2O)c(=O)n1)OCc1ccccc1. The Labute approximate surface area is 222 Å². The third-order valence-electron chi connectivity index (χ3n) is 5.26. The maximum absolute atomic E-state index is 12.2. The van der Waals surface area contributed by atoms with Gasteiger partial charge >= 0.3 is 17.2 Å². The van der Waals surface area contributed by atoms with Crippen molar-refractivity contribution in [2.45, 2.75) is 37.8 Å². The Morgan fingerprint density at radius 2 is 1.53 bits per heavy atom. The quantitative estimate of drug-likeness (QED) is 0.321. The van der Waals surface area contributed by atoms with Crippen molar-refractivity contribution < 1.29 is 39.1 Å². The van der Waals surface area contributed by atoms with Crippen LogP contribution in [-0.4, -0.2) is 61.3 Å². The number of benzene rings is 2. The van der Waals surface area contributed by atoms with Gasteiger partial charge in [-0.2, -0.15) is 4.98 Å². The van der Waals surface area contributed by atoms with Crippen LogP contribution in [0.3, 0.4) is 0 Å². The summed E-state index contributed by atoms with van der Waals surface area (Å²) in [6.45, 7) is -0.209.